The summed E-state index contributed by atoms with van der Waals surface area (Å²) < 4.78 is 29.1. The molecule has 2 rings (SSSR count). The van der Waals surface area contributed by atoms with Crippen molar-refractivity contribution in [1.82, 2.24) is 0 Å². The van der Waals surface area contributed by atoms with Crippen LogP contribution < -0.4 is 4.74 Å². The number of ether oxygens (including phenoxy) is 1. The van der Waals surface area contributed by atoms with Crippen LogP contribution in [-0.4, -0.2) is 6.61 Å². The fraction of sp³-hybridized carbons (Fsp3) is 0.286. The van der Waals surface area contributed by atoms with Crippen LogP contribution in [0.25, 0.3) is 10.8 Å². The van der Waals surface area contributed by atoms with Crippen LogP contribution in [0.15, 0.2) is 36.4 Å². The maximum atomic E-state index is 12.3. The van der Waals surface area contributed by atoms with E-state index in [4.69, 9.17) is 0 Å². The zero-order valence-corrected chi connectivity index (χ0v) is 9.78. The van der Waals surface area contributed by atoms with Crippen molar-refractivity contribution in [2.75, 3.05) is 0 Å². The Balaban J connectivity index is 2.61. The number of hydrogen-bond donors (Lipinski definition) is 0. The lowest BCUT2D eigenvalue weighted by molar-refractivity contribution is -0.0487. The first kappa shape index (κ1) is 11.8. The maximum Gasteiger partial charge on any atom is 0.387 e. The number of hydrogen-bond acceptors (Lipinski definition) is 1. The molecule has 0 spiro atoms. The fourth-order valence-electron chi connectivity index (χ4n) is 2.01. The molecule has 0 aliphatic heterocycles. The molecule has 0 saturated heterocycles. The van der Waals surface area contributed by atoms with Crippen molar-refractivity contribution in [2.24, 2.45) is 0 Å². The quantitative estimate of drug-likeness (QED) is 0.758. The molecule has 0 heterocycles. The van der Waals surface area contributed by atoms with Crippen molar-refractivity contribution in [1.29, 1.82) is 0 Å². The first-order valence-electron chi connectivity index (χ1n) is 5.56. The highest BCUT2D eigenvalue weighted by atomic mass is 19.3. The second kappa shape index (κ2) is 4.70. The minimum Gasteiger partial charge on any atom is -0.434 e. The van der Waals surface area contributed by atoms with Gasteiger partial charge in [-0.25, -0.2) is 0 Å². The third-order valence-electron chi connectivity index (χ3n) is 2.75. The van der Waals surface area contributed by atoms with Gasteiger partial charge in [0.25, 0.3) is 0 Å². The van der Waals surface area contributed by atoms with Crippen LogP contribution in [0.4, 0.5) is 8.78 Å². The van der Waals surface area contributed by atoms with Gasteiger partial charge in [0.2, 0.25) is 0 Å². The molecular formula is C14H14F2O. The lowest BCUT2D eigenvalue weighted by atomic mass is 9.96. The van der Waals surface area contributed by atoms with Gasteiger partial charge in [0.15, 0.2) is 0 Å². The smallest absolute Gasteiger partial charge is 0.387 e. The summed E-state index contributed by atoms with van der Waals surface area (Å²) in [6.45, 7) is 1.37. The Bertz CT molecular complexity index is 521. The molecule has 90 valence electrons. The Morgan fingerprint density at radius 3 is 2.24 bits per heavy atom. The molecule has 2 aromatic carbocycles. The van der Waals surface area contributed by atoms with Crippen LogP contribution in [0.5, 0.6) is 5.75 Å². The Morgan fingerprint density at radius 2 is 1.59 bits per heavy atom. The van der Waals surface area contributed by atoms with E-state index in [2.05, 4.69) is 18.6 Å². The van der Waals surface area contributed by atoms with Crippen LogP contribution in [0.3, 0.4) is 0 Å². The monoisotopic (exact) mass is 236 g/mol. The molecule has 0 saturated carbocycles. The molecule has 0 aromatic heterocycles. The Kier molecular flexibility index (Phi) is 3.27. The summed E-state index contributed by atoms with van der Waals surface area (Å²) in [7, 11) is 0. The summed E-state index contributed by atoms with van der Waals surface area (Å²) in [4.78, 5) is 0. The van der Waals surface area contributed by atoms with E-state index in [1.165, 1.54) is 0 Å². The minimum atomic E-state index is -2.79. The highest BCUT2D eigenvalue weighted by Gasteiger charge is 2.11. The maximum absolute atomic E-state index is 12.3. The van der Waals surface area contributed by atoms with Crippen molar-refractivity contribution in [3.63, 3.8) is 0 Å². The van der Waals surface area contributed by atoms with E-state index in [0.29, 0.717) is 5.92 Å². The molecular weight excluding hydrogens is 222 g/mol. The first-order valence-corrected chi connectivity index (χ1v) is 5.56. The number of fused-ring (bicyclic) bond motifs is 1. The summed E-state index contributed by atoms with van der Waals surface area (Å²) in [6.07, 6.45) is 0. The van der Waals surface area contributed by atoms with Gasteiger partial charge in [-0.1, -0.05) is 44.2 Å². The summed E-state index contributed by atoms with van der Waals surface area (Å²) in [5.41, 5.74) is 1.14. The highest BCUT2D eigenvalue weighted by molar-refractivity contribution is 5.91. The van der Waals surface area contributed by atoms with E-state index in [-0.39, 0.29) is 5.75 Å². The number of rotatable bonds is 3. The van der Waals surface area contributed by atoms with E-state index >= 15 is 0 Å². The van der Waals surface area contributed by atoms with Gasteiger partial charge < -0.3 is 4.74 Å². The third kappa shape index (κ3) is 2.38. The Labute approximate surface area is 99.0 Å². The van der Waals surface area contributed by atoms with Crippen molar-refractivity contribution >= 4 is 10.8 Å². The number of benzene rings is 2. The molecule has 0 fully saturated rings. The van der Waals surface area contributed by atoms with Crippen LogP contribution >= 0.6 is 0 Å². The van der Waals surface area contributed by atoms with Gasteiger partial charge in [-0.2, -0.15) is 8.78 Å². The van der Waals surface area contributed by atoms with Crippen LogP contribution in [0, 0.1) is 0 Å². The van der Waals surface area contributed by atoms with Gasteiger partial charge in [-0.15, -0.1) is 0 Å². The van der Waals surface area contributed by atoms with E-state index < -0.39 is 6.61 Å². The summed E-state index contributed by atoms with van der Waals surface area (Å²) in [5, 5.41) is 1.71. The highest BCUT2D eigenvalue weighted by Crippen LogP contribution is 2.32. The number of halogens is 2. The van der Waals surface area contributed by atoms with E-state index in [1.54, 1.807) is 18.2 Å². The molecule has 0 unspecified atom stereocenters. The molecule has 0 aliphatic rings. The molecule has 0 N–H and O–H groups in total. The molecule has 1 nitrogen and oxygen atoms in total. The van der Waals surface area contributed by atoms with Crippen molar-refractivity contribution < 1.29 is 13.5 Å². The van der Waals surface area contributed by atoms with Gasteiger partial charge in [0, 0.05) is 5.39 Å². The minimum absolute atomic E-state index is 0.236. The van der Waals surface area contributed by atoms with Crippen LogP contribution in [-0.2, 0) is 0 Å². The largest absolute Gasteiger partial charge is 0.434 e. The summed E-state index contributed by atoms with van der Waals surface area (Å²) in [6, 6.07) is 10.9. The lowest BCUT2D eigenvalue weighted by Gasteiger charge is -2.13. The topological polar surface area (TPSA) is 9.23 Å². The zero-order chi connectivity index (χ0) is 12.4. The normalized spacial score (nSPS) is 11.4. The average Bonchev–Trinajstić information content (AvgIpc) is 2.28. The number of alkyl halides is 2. The second-order valence-corrected chi connectivity index (χ2v) is 4.23. The fourth-order valence-corrected chi connectivity index (χ4v) is 2.01. The average molecular weight is 236 g/mol. The standard InChI is InChI=1S/C14H14F2O/c1-9(2)10-5-3-7-12-11(10)6-4-8-13(12)17-14(15)16/h3-9,14H,1-2H3. The summed E-state index contributed by atoms with van der Waals surface area (Å²) >= 11 is 0. The van der Waals surface area contributed by atoms with Crippen LogP contribution in [0.1, 0.15) is 25.3 Å². The lowest BCUT2D eigenvalue weighted by Crippen LogP contribution is -2.02. The molecule has 0 bridgehead atoms. The predicted molar refractivity (Wildman–Crippen MR) is 64.7 cm³/mol. The summed E-state index contributed by atoms with van der Waals surface area (Å²) in [5.74, 6) is 0.584. The van der Waals surface area contributed by atoms with Gasteiger partial charge in [0.05, 0.1) is 0 Å². The predicted octanol–water partition coefficient (Wildman–Crippen LogP) is 4.56. The second-order valence-electron chi connectivity index (χ2n) is 4.23. The third-order valence-corrected chi connectivity index (χ3v) is 2.75. The SMILES string of the molecule is CC(C)c1cccc2c(OC(F)F)cccc12. The van der Waals surface area contributed by atoms with Gasteiger partial charge in [-0.3, -0.25) is 0 Å². The zero-order valence-electron chi connectivity index (χ0n) is 9.78. The molecule has 0 radical (unpaired) electrons. The molecule has 0 atom stereocenters. The van der Waals surface area contributed by atoms with Gasteiger partial charge >= 0.3 is 6.61 Å². The van der Waals surface area contributed by atoms with E-state index in [9.17, 15) is 8.78 Å². The Morgan fingerprint density at radius 1 is 0.941 bits per heavy atom. The van der Waals surface area contributed by atoms with Crippen molar-refractivity contribution in [3.05, 3.63) is 42.0 Å². The first-order chi connectivity index (χ1) is 8.09. The molecule has 0 amide bonds. The van der Waals surface area contributed by atoms with Crippen molar-refractivity contribution in [3.8, 4) is 5.75 Å². The van der Waals surface area contributed by atoms with Gasteiger partial charge in [-0.05, 0) is 22.9 Å². The van der Waals surface area contributed by atoms with Gasteiger partial charge in [0.1, 0.15) is 5.75 Å². The van der Waals surface area contributed by atoms with Crippen LogP contribution in [0.2, 0.25) is 0 Å². The Hall–Kier alpha value is -1.64. The van der Waals surface area contributed by atoms with E-state index in [0.717, 1.165) is 16.3 Å². The molecule has 0 aliphatic carbocycles. The van der Waals surface area contributed by atoms with Crippen molar-refractivity contribution in [2.45, 2.75) is 26.4 Å². The molecule has 2 aromatic rings. The molecule has 17 heavy (non-hydrogen) atoms. The van der Waals surface area contributed by atoms with E-state index in [1.807, 2.05) is 18.2 Å². The molecule has 3 heteroatoms.